The SMILES string of the molecule is CCOP(=O)(OCS(=O)(=O)OC)OCS(=O)(=O)OC. The van der Waals surface area contributed by atoms with E-state index in [4.69, 9.17) is 0 Å². The Labute approximate surface area is 111 Å². The minimum atomic E-state index is -4.36. The molecule has 0 amide bonds. The lowest BCUT2D eigenvalue weighted by molar-refractivity contribution is 0.140. The lowest BCUT2D eigenvalue weighted by Crippen LogP contribution is -2.15. The fourth-order valence-corrected chi connectivity index (χ4v) is 3.42. The number of hydrogen-bond acceptors (Lipinski definition) is 10. The van der Waals surface area contributed by atoms with Crippen LogP contribution in [0.5, 0.6) is 0 Å². The molecule has 0 bridgehead atoms. The van der Waals surface area contributed by atoms with Gasteiger partial charge in [0.25, 0.3) is 20.2 Å². The van der Waals surface area contributed by atoms with Gasteiger partial charge in [0, 0.05) is 0 Å². The molecule has 0 aromatic rings. The summed E-state index contributed by atoms with van der Waals surface area (Å²) >= 11 is 0. The zero-order chi connectivity index (χ0) is 15.2. The first-order valence-corrected chi connectivity index (χ1v) is 9.31. The first kappa shape index (κ1) is 18.9. The Balaban J connectivity index is 4.73. The molecule has 0 saturated carbocycles. The molecule has 0 aromatic carbocycles. The van der Waals surface area contributed by atoms with Crippen molar-refractivity contribution in [3.63, 3.8) is 0 Å². The van der Waals surface area contributed by atoms with Gasteiger partial charge in [0.2, 0.25) is 0 Å². The largest absolute Gasteiger partial charge is 0.476 e. The van der Waals surface area contributed by atoms with Crippen molar-refractivity contribution in [2.24, 2.45) is 0 Å². The van der Waals surface area contributed by atoms with E-state index in [1.54, 1.807) is 0 Å². The van der Waals surface area contributed by atoms with Crippen LogP contribution in [0.25, 0.3) is 0 Å². The van der Waals surface area contributed by atoms with E-state index in [9.17, 15) is 21.4 Å². The van der Waals surface area contributed by atoms with Gasteiger partial charge in [-0.3, -0.25) is 21.9 Å². The smallest absolute Gasteiger partial charge is 0.287 e. The summed E-state index contributed by atoms with van der Waals surface area (Å²) in [7, 11) is -10.7. The summed E-state index contributed by atoms with van der Waals surface area (Å²) in [5.41, 5.74) is 0. The van der Waals surface area contributed by atoms with Crippen LogP contribution in [0.15, 0.2) is 0 Å². The van der Waals surface area contributed by atoms with E-state index < -0.39 is 39.9 Å². The Morgan fingerprint density at radius 2 is 1.21 bits per heavy atom. The number of rotatable bonds is 10. The van der Waals surface area contributed by atoms with Crippen molar-refractivity contribution in [1.29, 1.82) is 0 Å². The molecular weight excluding hydrogens is 327 g/mol. The predicted molar refractivity (Wildman–Crippen MR) is 63.0 cm³/mol. The van der Waals surface area contributed by atoms with Crippen LogP contribution < -0.4 is 0 Å². The van der Waals surface area contributed by atoms with Gasteiger partial charge in [-0.2, -0.15) is 16.8 Å². The maximum absolute atomic E-state index is 11.8. The molecule has 0 radical (unpaired) electrons. The average Bonchev–Trinajstić information content (AvgIpc) is 2.35. The van der Waals surface area contributed by atoms with Crippen molar-refractivity contribution in [3.8, 4) is 0 Å². The molecule has 0 unspecified atom stereocenters. The molecular formula is C6H15O10PS2. The van der Waals surface area contributed by atoms with Crippen molar-refractivity contribution in [2.45, 2.75) is 6.92 Å². The zero-order valence-electron chi connectivity index (χ0n) is 10.5. The van der Waals surface area contributed by atoms with Gasteiger partial charge in [0.1, 0.15) is 0 Å². The molecule has 0 aliphatic heterocycles. The van der Waals surface area contributed by atoms with Gasteiger partial charge in [0.15, 0.2) is 11.9 Å². The molecule has 0 aromatic heterocycles. The highest BCUT2D eigenvalue weighted by atomic mass is 32.2. The minimum absolute atomic E-state index is 0.155. The van der Waals surface area contributed by atoms with Gasteiger partial charge < -0.3 is 0 Å². The Hall–Kier alpha value is -0.0700. The van der Waals surface area contributed by atoms with Gasteiger partial charge in [0.05, 0.1) is 20.8 Å². The zero-order valence-corrected chi connectivity index (χ0v) is 13.0. The third-order valence-electron chi connectivity index (χ3n) is 1.51. The van der Waals surface area contributed by atoms with Crippen LogP contribution in [0.4, 0.5) is 0 Å². The normalized spacial score (nSPS) is 13.6. The van der Waals surface area contributed by atoms with E-state index in [-0.39, 0.29) is 6.61 Å². The Morgan fingerprint density at radius 1 is 0.842 bits per heavy atom. The molecule has 0 aliphatic rings. The third-order valence-corrected chi connectivity index (χ3v) is 5.15. The monoisotopic (exact) mass is 342 g/mol. The van der Waals surface area contributed by atoms with Crippen molar-refractivity contribution in [1.82, 2.24) is 0 Å². The van der Waals surface area contributed by atoms with Crippen LogP contribution in [0.1, 0.15) is 6.92 Å². The summed E-state index contributed by atoms with van der Waals surface area (Å²) in [5.74, 6) is -2.23. The molecule has 19 heavy (non-hydrogen) atoms. The molecule has 10 nitrogen and oxygen atoms in total. The van der Waals surface area contributed by atoms with Gasteiger partial charge in [-0.05, 0) is 6.92 Å². The molecule has 116 valence electrons. The van der Waals surface area contributed by atoms with Gasteiger partial charge >= 0.3 is 7.82 Å². The first-order valence-electron chi connectivity index (χ1n) is 4.70. The summed E-state index contributed by atoms with van der Waals surface area (Å²) in [4.78, 5) is 0. The number of hydrogen-bond donors (Lipinski definition) is 0. The molecule has 0 heterocycles. The van der Waals surface area contributed by atoms with Gasteiger partial charge in [-0.1, -0.05) is 0 Å². The second-order valence-corrected chi connectivity index (χ2v) is 7.85. The van der Waals surface area contributed by atoms with E-state index in [1.165, 1.54) is 6.92 Å². The minimum Gasteiger partial charge on any atom is -0.287 e. The lowest BCUT2D eigenvalue weighted by Gasteiger charge is -2.16. The molecule has 0 saturated heterocycles. The van der Waals surface area contributed by atoms with Crippen molar-refractivity contribution in [2.75, 3.05) is 32.7 Å². The van der Waals surface area contributed by atoms with E-state index in [1.807, 2.05) is 0 Å². The Bertz CT molecular complexity index is 466. The highest BCUT2D eigenvalue weighted by Crippen LogP contribution is 2.49. The fourth-order valence-electron chi connectivity index (χ4n) is 0.624. The second-order valence-electron chi connectivity index (χ2n) is 2.81. The summed E-state index contributed by atoms with van der Waals surface area (Å²) in [5, 5.41) is 0. The van der Waals surface area contributed by atoms with Crippen molar-refractivity contribution in [3.05, 3.63) is 0 Å². The topological polar surface area (TPSA) is 132 Å². The molecule has 0 rings (SSSR count). The van der Waals surface area contributed by atoms with Crippen LogP contribution in [0, 0.1) is 0 Å². The van der Waals surface area contributed by atoms with Crippen LogP contribution in [0.3, 0.4) is 0 Å². The number of phosphoric acid groups is 1. The van der Waals surface area contributed by atoms with Crippen LogP contribution in [-0.4, -0.2) is 49.5 Å². The highest BCUT2D eigenvalue weighted by Gasteiger charge is 2.31. The molecule has 0 atom stereocenters. The summed E-state index contributed by atoms with van der Waals surface area (Å²) < 4.78 is 77.3. The first-order chi connectivity index (χ1) is 8.60. The summed E-state index contributed by atoms with van der Waals surface area (Å²) in [6.45, 7) is 1.27. The van der Waals surface area contributed by atoms with Gasteiger partial charge in [-0.25, -0.2) is 4.57 Å². The van der Waals surface area contributed by atoms with E-state index >= 15 is 0 Å². The van der Waals surface area contributed by atoms with Crippen molar-refractivity contribution < 1.29 is 43.3 Å². The molecule has 0 N–H and O–H groups in total. The molecule has 0 fully saturated rings. The maximum atomic E-state index is 11.8. The summed E-state index contributed by atoms with van der Waals surface area (Å²) in [6, 6.07) is 0. The van der Waals surface area contributed by atoms with E-state index in [0.29, 0.717) is 0 Å². The van der Waals surface area contributed by atoms with Crippen molar-refractivity contribution >= 4 is 28.1 Å². The lowest BCUT2D eigenvalue weighted by atomic mass is 10.9. The maximum Gasteiger partial charge on any atom is 0.476 e. The third kappa shape index (κ3) is 7.95. The Morgan fingerprint density at radius 3 is 1.47 bits per heavy atom. The van der Waals surface area contributed by atoms with Crippen LogP contribution >= 0.6 is 7.82 Å². The van der Waals surface area contributed by atoms with Crippen LogP contribution in [-0.2, 0) is 46.7 Å². The molecule has 0 aliphatic carbocycles. The average molecular weight is 342 g/mol. The van der Waals surface area contributed by atoms with E-state index in [0.717, 1.165) is 14.2 Å². The standard InChI is InChI=1S/C6H15O10PS2/c1-4-14-17(7,15-5-18(8,9)12-2)16-6-19(10,11)13-3/h4-6H2,1-3H3. The quantitative estimate of drug-likeness (QED) is 0.395. The number of phosphoric ester groups is 1. The van der Waals surface area contributed by atoms with Gasteiger partial charge in [-0.15, -0.1) is 0 Å². The van der Waals surface area contributed by atoms with Crippen LogP contribution in [0.2, 0.25) is 0 Å². The molecule has 0 spiro atoms. The predicted octanol–water partition coefficient (Wildman–Crippen LogP) is 0.0316. The molecule has 13 heteroatoms. The fraction of sp³-hybridized carbons (Fsp3) is 1.00. The Kier molecular flexibility index (Phi) is 7.62. The van der Waals surface area contributed by atoms with E-state index in [2.05, 4.69) is 21.9 Å². The highest BCUT2D eigenvalue weighted by molar-refractivity contribution is 7.87. The second kappa shape index (κ2) is 7.64. The summed E-state index contributed by atoms with van der Waals surface area (Å²) in [6.07, 6.45) is 0.